The Morgan fingerprint density at radius 1 is 1.29 bits per heavy atom. The Morgan fingerprint density at radius 2 is 2.07 bits per heavy atom. The van der Waals surface area contributed by atoms with Crippen molar-refractivity contribution in [1.82, 2.24) is 9.59 Å². The summed E-state index contributed by atoms with van der Waals surface area (Å²) in [6.45, 7) is 0.720. The van der Waals surface area contributed by atoms with Gasteiger partial charge in [0.1, 0.15) is 0 Å². The summed E-state index contributed by atoms with van der Waals surface area (Å²) in [6, 6.07) is 8.04. The van der Waals surface area contributed by atoms with E-state index in [1.54, 1.807) is 0 Å². The molecule has 0 saturated carbocycles. The molecule has 0 fully saturated rings. The predicted octanol–water partition coefficient (Wildman–Crippen LogP) is 2.91. The highest BCUT2D eigenvalue weighted by atomic mass is 79.9. The lowest BCUT2D eigenvalue weighted by molar-refractivity contribution is 0.999. The largest absolute Gasteiger partial charge is 0.379 e. The van der Waals surface area contributed by atoms with Crippen molar-refractivity contribution in [2.24, 2.45) is 0 Å². The molecule has 3 nitrogen and oxygen atoms in total. The summed E-state index contributed by atoms with van der Waals surface area (Å²) in [5.74, 6) is 0. The predicted molar refractivity (Wildman–Crippen MR) is 61.4 cm³/mol. The van der Waals surface area contributed by atoms with Gasteiger partial charge in [0.2, 0.25) is 0 Å². The Morgan fingerprint density at radius 3 is 2.71 bits per heavy atom. The normalized spacial score (nSPS) is 10.1. The highest BCUT2D eigenvalue weighted by Crippen LogP contribution is 2.14. The van der Waals surface area contributed by atoms with E-state index in [1.807, 2.05) is 29.6 Å². The van der Waals surface area contributed by atoms with E-state index in [4.69, 9.17) is 0 Å². The van der Waals surface area contributed by atoms with Crippen molar-refractivity contribution < 1.29 is 0 Å². The molecule has 0 aliphatic heterocycles. The minimum Gasteiger partial charge on any atom is -0.379 e. The molecule has 2 rings (SSSR count). The van der Waals surface area contributed by atoms with Crippen LogP contribution in [0, 0.1) is 0 Å². The number of nitrogens with one attached hydrogen (secondary N) is 1. The molecule has 72 valence electrons. The number of halogens is 1. The van der Waals surface area contributed by atoms with Gasteiger partial charge < -0.3 is 5.32 Å². The van der Waals surface area contributed by atoms with E-state index < -0.39 is 0 Å². The molecular weight excluding hydrogens is 262 g/mol. The lowest BCUT2D eigenvalue weighted by Crippen LogP contribution is -1.99. The van der Waals surface area contributed by atoms with Crippen LogP contribution in [-0.4, -0.2) is 9.59 Å². The van der Waals surface area contributed by atoms with E-state index in [2.05, 4.69) is 30.8 Å². The fourth-order valence-electron chi connectivity index (χ4n) is 1.02. The molecule has 0 amide bonds. The van der Waals surface area contributed by atoms with E-state index in [1.165, 1.54) is 11.5 Å². The lowest BCUT2D eigenvalue weighted by Gasteiger charge is -2.03. The molecule has 0 spiro atoms. The van der Waals surface area contributed by atoms with Gasteiger partial charge in [-0.15, -0.1) is 5.10 Å². The van der Waals surface area contributed by atoms with Crippen LogP contribution in [0.5, 0.6) is 0 Å². The summed E-state index contributed by atoms with van der Waals surface area (Å²) in [6.07, 6.45) is 0. The van der Waals surface area contributed by atoms with Crippen LogP contribution in [0.1, 0.15) is 5.69 Å². The first-order valence-electron chi connectivity index (χ1n) is 4.10. The Labute approximate surface area is 94.5 Å². The summed E-state index contributed by atoms with van der Waals surface area (Å²) in [5.41, 5.74) is 2.05. The second-order valence-electron chi connectivity index (χ2n) is 2.76. The van der Waals surface area contributed by atoms with Gasteiger partial charge in [0.15, 0.2) is 0 Å². The van der Waals surface area contributed by atoms with Crippen molar-refractivity contribution in [3.63, 3.8) is 0 Å². The van der Waals surface area contributed by atoms with Crippen molar-refractivity contribution in [2.75, 3.05) is 5.32 Å². The SMILES string of the molecule is Brc1ccc(NCc2csnn2)cc1. The number of hydrogen-bond donors (Lipinski definition) is 1. The molecule has 0 bridgehead atoms. The number of nitrogens with zero attached hydrogens (tertiary/aromatic N) is 2. The number of anilines is 1. The third-order valence-corrected chi connectivity index (χ3v) is 2.81. The third kappa shape index (κ3) is 2.52. The molecule has 0 saturated heterocycles. The highest BCUT2D eigenvalue weighted by molar-refractivity contribution is 9.10. The number of hydrogen-bond acceptors (Lipinski definition) is 4. The molecule has 1 N–H and O–H groups in total. The number of benzene rings is 1. The summed E-state index contributed by atoms with van der Waals surface area (Å²) < 4.78 is 4.87. The van der Waals surface area contributed by atoms with E-state index in [9.17, 15) is 0 Å². The fourth-order valence-corrected chi connectivity index (χ4v) is 1.74. The Hall–Kier alpha value is -0.940. The van der Waals surface area contributed by atoms with Gasteiger partial charge in [-0.05, 0) is 35.8 Å². The average Bonchev–Trinajstić information content (AvgIpc) is 2.70. The number of rotatable bonds is 3. The van der Waals surface area contributed by atoms with Gasteiger partial charge in [-0.3, -0.25) is 0 Å². The third-order valence-electron chi connectivity index (χ3n) is 1.72. The van der Waals surface area contributed by atoms with Gasteiger partial charge in [-0.1, -0.05) is 20.4 Å². The lowest BCUT2D eigenvalue weighted by atomic mass is 10.3. The molecule has 1 heterocycles. The van der Waals surface area contributed by atoms with Crippen LogP contribution >= 0.6 is 27.5 Å². The van der Waals surface area contributed by atoms with E-state index in [-0.39, 0.29) is 0 Å². The Bertz CT molecular complexity index is 385. The van der Waals surface area contributed by atoms with Crippen LogP contribution in [-0.2, 0) is 6.54 Å². The molecular formula is C9H8BrN3S. The molecule has 0 aliphatic carbocycles. The van der Waals surface area contributed by atoms with Crippen molar-refractivity contribution in [1.29, 1.82) is 0 Å². The molecule has 2 aromatic rings. The van der Waals surface area contributed by atoms with Gasteiger partial charge in [0.05, 0.1) is 12.2 Å². The van der Waals surface area contributed by atoms with Gasteiger partial charge in [0, 0.05) is 15.5 Å². The van der Waals surface area contributed by atoms with Gasteiger partial charge in [-0.2, -0.15) is 0 Å². The first kappa shape index (κ1) is 9.61. The molecule has 0 radical (unpaired) electrons. The molecule has 0 unspecified atom stereocenters. The monoisotopic (exact) mass is 269 g/mol. The molecule has 0 atom stereocenters. The standard InChI is InChI=1S/C9H8BrN3S/c10-7-1-3-8(4-2-7)11-5-9-6-14-13-12-9/h1-4,6,11H,5H2. The molecule has 14 heavy (non-hydrogen) atoms. The first-order chi connectivity index (χ1) is 6.84. The van der Waals surface area contributed by atoms with Gasteiger partial charge >= 0.3 is 0 Å². The first-order valence-corrected chi connectivity index (χ1v) is 5.73. The van der Waals surface area contributed by atoms with Crippen molar-refractivity contribution in [3.05, 3.63) is 39.8 Å². The molecule has 5 heteroatoms. The minimum atomic E-state index is 0.720. The summed E-state index contributed by atoms with van der Waals surface area (Å²) >= 11 is 4.76. The van der Waals surface area contributed by atoms with Crippen LogP contribution in [0.4, 0.5) is 5.69 Å². The second-order valence-corrected chi connectivity index (χ2v) is 4.28. The van der Waals surface area contributed by atoms with E-state index >= 15 is 0 Å². The molecule has 1 aromatic carbocycles. The number of aromatic nitrogens is 2. The highest BCUT2D eigenvalue weighted by Gasteiger charge is 1.96. The summed E-state index contributed by atoms with van der Waals surface area (Å²) in [7, 11) is 0. The Kier molecular flexibility index (Phi) is 3.10. The van der Waals surface area contributed by atoms with Crippen molar-refractivity contribution in [2.45, 2.75) is 6.54 Å². The maximum atomic E-state index is 3.95. The Balaban J connectivity index is 1.95. The minimum absolute atomic E-state index is 0.720. The van der Waals surface area contributed by atoms with E-state index in [0.29, 0.717) is 0 Å². The van der Waals surface area contributed by atoms with Crippen molar-refractivity contribution in [3.8, 4) is 0 Å². The van der Waals surface area contributed by atoms with Crippen LogP contribution in [0.25, 0.3) is 0 Å². The van der Waals surface area contributed by atoms with E-state index in [0.717, 1.165) is 22.4 Å². The van der Waals surface area contributed by atoms with Crippen molar-refractivity contribution >= 4 is 33.1 Å². The van der Waals surface area contributed by atoms with Crippen LogP contribution in [0.2, 0.25) is 0 Å². The fraction of sp³-hybridized carbons (Fsp3) is 0.111. The zero-order chi connectivity index (χ0) is 9.80. The van der Waals surface area contributed by atoms with Crippen LogP contribution in [0.3, 0.4) is 0 Å². The van der Waals surface area contributed by atoms with Crippen LogP contribution < -0.4 is 5.32 Å². The van der Waals surface area contributed by atoms with Gasteiger partial charge in [0.25, 0.3) is 0 Å². The quantitative estimate of drug-likeness (QED) is 0.931. The molecule has 0 aliphatic rings. The second kappa shape index (κ2) is 4.52. The van der Waals surface area contributed by atoms with Gasteiger partial charge in [-0.25, -0.2) is 0 Å². The summed E-state index contributed by atoms with van der Waals surface area (Å²) in [5, 5.41) is 9.14. The maximum Gasteiger partial charge on any atom is 0.0946 e. The summed E-state index contributed by atoms with van der Waals surface area (Å²) in [4.78, 5) is 0. The van der Waals surface area contributed by atoms with Crippen LogP contribution in [0.15, 0.2) is 34.1 Å². The topological polar surface area (TPSA) is 37.8 Å². The zero-order valence-corrected chi connectivity index (χ0v) is 9.68. The molecule has 1 aromatic heterocycles. The maximum absolute atomic E-state index is 3.95. The zero-order valence-electron chi connectivity index (χ0n) is 7.27. The average molecular weight is 270 g/mol. The smallest absolute Gasteiger partial charge is 0.0946 e.